The predicted octanol–water partition coefficient (Wildman–Crippen LogP) is 1.31. The van der Waals surface area contributed by atoms with Crippen LogP contribution in [0.25, 0.3) is 0 Å². The smallest absolute Gasteiger partial charge is 0.337 e. The van der Waals surface area contributed by atoms with Crippen LogP contribution in [0, 0.1) is 6.92 Å². The molecule has 2 aromatic rings. The van der Waals surface area contributed by atoms with E-state index in [1.807, 2.05) is 13.1 Å². The molecule has 0 aliphatic carbocycles. The van der Waals surface area contributed by atoms with Crippen molar-refractivity contribution in [3.05, 3.63) is 47.0 Å². The molecule has 0 saturated carbocycles. The molecule has 0 saturated heterocycles. The molecule has 7 nitrogen and oxygen atoms in total. The highest BCUT2D eigenvalue weighted by atomic mass is 16.4. The summed E-state index contributed by atoms with van der Waals surface area (Å²) >= 11 is 0. The Hall–Kier alpha value is -2.70. The van der Waals surface area contributed by atoms with Crippen LogP contribution in [-0.4, -0.2) is 31.7 Å². The molecule has 0 aromatic carbocycles. The zero-order valence-corrected chi connectivity index (χ0v) is 12.0. The Kier molecular flexibility index (Phi) is 4.02. The first-order valence-corrected chi connectivity index (χ1v) is 6.39. The summed E-state index contributed by atoms with van der Waals surface area (Å²) in [5, 5.41) is 15.8. The van der Waals surface area contributed by atoms with Gasteiger partial charge < -0.3 is 10.4 Å². The minimum absolute atomic E-state index is 0.0897. The number of carbonyl (C=O) groups excluding carboxylic acids is 1. The van der Waals surface area contributed by atoms with Crippen LogP contribution in [0.4, 0.5) is 0 Å². The summed E-state index contributed by atoms with van der Waals surface area (Å²) in [6.07, 6.45) is 3.49. The molecule has 0 aliphatic heterocycles. The second-order valence-corrected chi connectivity index (χ2v) is 4.78. The predicted molar refractivity (Wildman–Crippen MR) is 75.0 cm³/mol. The summed E-state index contributed by atoms with van der Waals surface area (Å²) in [4.78, 5) is 27.1. The van der Waals surface area contributed by atoms with E-state index in [-0.39, 0.29) is 23.2 Å². The van der Waals surface area contributed by atoms with E-state index in [0.29, 0.717) is 5.69 Å². The maximum absolute atomic E-state index is 12.1. The maximum atomic E-state index is 12.1. The van der Waals surface area contributed by atoms with Crippen LogP contribution < -0.4 is 5.32 Å². The number of pyridine rings is 1. The van der Waals surface area contributed by atoms with Crippen LogP contribution in [0.5, 0.6) is 0 Å². The van der Waals surface area contributed by atoms with E-state index >= 15 is 0 Å². The summed E-state index contributed by atoms with van der Waals surface area (Å²) in [5.41, 5.74) is 1.47. The van der Waals surface area contributed by atoms with Crippen LogP contribution in [0.15, 0.2) is 24.5 Å². The minimum atomic E-state index is -1.06. The third-order valence-electron chi connectivity index (χ3n) is 3.12. The van der Waals surface area contributed by atoms with E-state index in [9.17, 15) is 9.59 Å². The lowest BCUT2D eigenvalue weighted by Gasteiger charge is -2.12. The number of carboxylic acid groups (broad SMARTS) is 1. The maximum Gasteiger partial charge on any atom is 0.337 e. The fourth-order valence-electron chi connectivity index (χ4n) is 1.93. The van der Waals surface area contributed by atoms with Gasteiger partial charge in [-0.3, -0.25) is 9.48 Å². The molecule has 7 heteroatoms. The molecule has 2 aromatic heterocycles. The van der Waals surface area contributed by atoms with Gasteiger partial charge in [0, 0.05) is 18.8 Å². The first-order chi connectivity index (χ1) is 9.88. The van der Waals surface area contributed by atoms with Gasteiger partial charge in [-0.1, -0.05) is 0 Å². The number of rotatable bonds is 4. The Balaban J connectivity index is 2.13. The minimum Gasteiger partial charge on any atom is -0.478 e. The van der Waals surface area contributed by atoms with Gasteiger partial charge >= 0.3 is 5.97 Å². The van der Waals surface area contributed by atoms with E-state index < -0.39 is 5.97 Å². The third kappa shape index (κ3) is 3.25. The topological polar surface area (TPSA) is 97.1 Å². The van der Waals surface area contributed by atoms with Gasteiger partial charge in [0.05, 0.1) is 23.5 Å². The Bertz CT molecular complexity index is 693. The van der Waals surface area contributed by atoms with Gasteiger partial charge in [-0.15, -0.1) is 0 Å². The number of carbonyl (C=O) groups is 2. The standard InChI is InChI=1S/C14H16N4O3/c1-8(10-6-15-18(3)7-10)17-13(19)12-5-4-11(14(20)21)9(2)16-12/h4-8H,1-3H3,(H,17,19)(H,20,21). The van der Waals surface area contributed by atoms with Crippen molar-refractivity contribution in [3.8, 4) is 0 Å². The monoisotopic (exact) mass is 288 g/mol. The summed E-state index contributed by atoms with van der Waals surface area (Å²) in [6.45, 7) is 3.40. The average molecular weight is 288 g/mol. The van der Waals surface area contributed by atoms with Crippen LogP contribution >= 0.6 is 0 Å². The van der Waals surface area contributed by atoms with Crippen molar-refractivity contribution < 1.29 is 14.7 Å². The Labute approximate surface area is 121 Å². The summed E-state index contributed by atoms with van der Waals surface area (Å²) in [5.74, 6) is -1.41. The first kappa shape index (κ1) is 14.7. The van der Waals surface area contributed by atoms with Crippen molar-refractivity contribution in [2.24, 2.45) is 7.05 Å². The zero-order chi connectivity index (χ0) is 15.6. The van der Waals surface area contributed by atoms with Crippen molar-refractivity contribution in [1.29, 1.82) is 0 Å². The van der Waals surface area contributed by atoms with E-state index in [1.165, 1.54) is 12.1 Å². The van der Waals surface area contributed by atoms with Gasteiger partial charge in [-0.2, -0.15) is 5.10 Å². The van der Waals surface area contributed by atoms with Crippen molar-refractivity contribution in [2.75, 3.05) is 0 Å². The lowest BCUT2D eigenvalue weighted by molar-refractivity contribution is 0.0694. The normalized spacial score (nSPS) is 12.0. The number of aromatic carboxylic acids is 1. The molecule has 0 radical (unpaired) electrons. The number of carboxylic acids is 1. The van der Waals surface area contributed by atoms with Crippen LogP contribution in [0.3, 0.4) is 0 Å². The third-order valence-corrected chi connectivity index (χ3v) is 3.12. The van der Waals surface area contributed by atoms with E-state index in [4.69, 9.17) is 5.11 Å². The molecule has 21 heavy (non-hydrogen) atoms. The second kappa shape index (κ2) is 5.74. The number of aryl methyl sites for hydroxylation is 2. The van der Waals surface area contributed by atoms with Crippen molar-refractivity contribution in [2.45, 2.75) is 19.9 Å². The number of hydrogen-bond donors (Lipinski definition) is 2. The largest absolute Gasteiger partial charge is 0.478 e. The van der Waals surface area contributed by atoms with E-state index in [1.54, 1.807) is 24.9 Å². The zero-order valence-electron chi connectivity index (χ0n) is 12.0. The van der Waals surface area contributed by atoms with Crippen molar-refractivity contribution in [3.63, 3.8) is 0 Å². The number of aromatic nitrogens is 3. The lowest BCUT2D eigenvalue weighted by Crippen LogP contribution is -2.27. The van der Waals surface area contributed by atoms with Crippen LogP contribution in [0.1, 0.15) is 45.1 Å². The number of amides is 1. The summed E-state index contributed by atoms with van der Waals surface area (Å²) < 4.78 is 1.65. The lowest BCUT2D eigenvalue weighted by atomic mass is 10.1. The quantitative estimate of drug-likeness (QED) is 0.884. The van der Waals surface area contributed by atoms with E-state index in [2.05, 4.69) is 15.4 Å². The summed E-state index contributed by atoms with van der Waals surface area (Å²) in [7, 11) is 1.80. The molecular formula is C14H16N4O3. The van der Waals surface area contributed by atoms with Gasteiger partial charge in [0.25, 0.3) is 5.91 Å². The molecule has 0 aliphatic rings. The van der Waals surface area contributed by atoms with Gasteiger partial charge in [-0.05, 0) is 26.0 Å². The first-order valence-electron chi connectivity index (χ1n) is 6.39. The fraction of sp³-hybridized carbons (Fsp3) is 0.286. The highest BCUT2D eigenvalue weighted by Crippen LogP contribution is 2.12. The Morgan fingerprint density at radius 1 is 1.38 bits per heavy atom. The Morgan fingerprint density at radius 2 is 2.10 bits per heavy atom. The molecule has 1 atom stereocenters. The average Bonchev–Trinajstić information content (AvgIpc) is 2.84. The summed E-state index contributed by atoms with van der Waals surface area (Å²) in [6, 6.07) is 2.57. The SMILES string of the molecule is Cc1nc(C(=O)NC(C)c2cnn(C)c2)ccc1C(=O)O. The number of hydrogen-bond acceptors (Lipinski definition) is 4. The Morgan fingerprint density at radius 3 is 2.62 bits per heavy atom. The van der Waals surface area contributed by atoms with Crippen molar-refractivity contribution >= 4 is 11.9 Å². The second-order valence-electron chi connectivity index (χ2n) is 4.78. The molecule has 0 fully saturated rings. The van der Waals surface area contributed by atoms with Crippen LogP contribution in [-0.2, 0) is 7.05 Å². The van der Waals surface area contributed by atoms with Gasteiger partial charge in [-0.25, -0.2) is 9.78 Å². The van der Waals surface area contributed by atoms with Crippen molar-refractivity contribution in [1.82, 2.24) is 20.1 Å². The molecule has 2 rings (SSSR count). The molecule has 2 N–H and O–H groups in total. The highest BCUT2D eigenvalue weighted by molar-refractivity contribution is 5.94. The van der Waals surface area contributed by atoms with Gasteiger partial charge in [0.15, 0.2) is 0 Å². The number of nitrogens with zero attached hydrogens (tertiary/aromatic N) is 3. The highest BCUT2D eigenvalue weighted by Gasteiger charge is 2.16. The molecule has 1 amide bonds. The molecule has 0 bridgehead atoms. The molecular weight excluding hydrogens is 272 g/mol. The molecule has 110 valence electrons. The number of nitrogens with one attached hydrogen (secondary N) is 1. The molecule has 2 heterocycles. The van der Waals surface area contributed by atoms with E-state index in [0.717, 1.165) is 5.56 Å². The van der Waals surface area contributed by atoms with Gasteiger partial charge in [0.1, 0.15) is 5.69 Å². The fourth-order valence-corrected chi connectivity index (χ4v) is 1.93. The van der Waals surface area contributed by atoms with Gasteiger partial charge in [0.2, 0.25) is 0 Å². The molecule has 1 unspecified atom stereocenters. The molecule has 0 spiro atoms. The van der Waals surface area contributed by atoms with Crippen LogP contribution in [0.2, 0.25) is 0 Å².